The molecule has 1 fully saturated rings. The van der Waals surface area contributed by atoms with E-state index in [0.29, 0.717) is 44.5 Å². The van der Waals surface area contributed by atoms with Crippen LogP contribution < -0.4 is 9.47 Å². The van der Waals surface area contributed by atoms with E-state index in [2.05, 4.69) is 28.2 Å². The van der Waals surface area contributed by atoms with E-state index < -0.39 is 5.97 Å². The van der Waals surface area contributed by atoms with Gasteiger partial charge in [-0.15, -0.1) is 0 Å². The molecule has 3 heterocycles. The molecule has 1 aliphatic heterocycles. The number of pyridine rings is 1. The summed E-state index contributed by atoms with van der Waals surface area (Å²) in [6.07, 6.45) is 5.21. The summed E-state index contributed by atoms with van der Waals surface area (Å²) < 4.78 is 17.8. The average Bonchev–Trinajstić information content (AvgIpc) is 3.39. The zero-order valence-electron chi connectivity index (χ0n) is 23.2. The molecule has 0 aliphatic carbocycles. The van der Waals surface area contributed by atoms with Crippen LogP contribution in [0.15, 0.2) is 72.9 Å². The van der Waals surface area contributed by atoms with Crippen molar-refractivity contribution in [1.82, 2.24) is 9.97 Å². The summed E-state index contributed by atoms with van der Waals surface area (Å²) >= 11 is 0. The summed E-state index contributed by atoms with van der Waals surface area (Å²) in [5.74, 6) is 0.795. The van der Waals surface area contributed by atoms with Gasteiger partial charge in [0, 0.05) is 41.1 Å². The number of para-hydroxylation sites is 1. The van der Waals surface area contributed by atoms with Crippen molar-refractivity contribution in [2.24, 2.45) is 5.92 Å². The fraction of sp³-hybridized carbons (Fsp3) is 0.294. The van der Waals surface area contributed by atoms with Crippen molar-refractivity contribution in [3.8, 4) is 22.8 Å². The third-order valence-corrected chi connectivity index (χ3v) is 7.82. The number of carbonyl (C=O) groups is 1. The van der Waals surface area contributed by atoms with Crippen molar-refractivity contribution >= 4 is 27.6 Å². The molecule has 6 rings (SSSR count). The van der Waals surface area contributed by atoms with Crippen LogP contribution in [0.5, 0.6) is 11.6 Å². The Kier molecular flexibility index (Phi) is 7.87. The van der Waals surface area contributed by atoms with Crippen molar-refractivity contribution < 1.29 is 24.1 Å². The van der Waals surface area contributed by atoms with Gasteiger partial charge in [-0.1, -0.05) is 54.6 Å². The normalized spacial score (nSPS) is 15.3. The maximum Gasteiger partial charge on any atom is 0.352 e. The molecule has 3 aromatic carbocycles. The number of hydrogen-bond donors (Lipinski definition) is 2. The molecule has 41 heavy (non-hydrogen) atoms. The standard InChI is InChI=1S/C34H34N2O5/c1-22-19-35-31(41-21-23-8-6-16-39-20-23)18-29(22)28-13-5-12-26-27(33(34(37)38)36-32(26)28)14-7-17-40-30-15-4-10-24-9-2-3-11-25(24)30/h2-5,9-13,15,18-19,23,36H,6-8,14,16-17,20-21H2,1H3,(H,37,38). The second kappa shape index (κ2) is 12.0. The highest BCUT2D eigenvalue weighted by atomic mass is 16.5. The molecule has 0 radical (unpaired) electrons. The van der Waals surface area contributed by atoms with Crippen LogP contribution in [-0.4, -0.2) is 47.5 Å². The number of fused-ring (bicyclic) bond motifs is 2. The van der Waals surface area contributed by atoms with Gasteiger partial charge in [0.2, 0.25) is 5.88 Å². The molecule has 1 unspecified atom stereocenters. The van der Waals surface area contributed by atoms with E-state index in [9.17, 15) is 9.90 Å². The summed E-state index contributed by atoms with van der Waals surface area (Å²) in [5.41, 5.74) is 4.69. The number of aromatic carboxylic acids is 1. The van der Waals surface area contributed by atoms with E-state index in [-0.39, 0.29) is 5.69 Å². The number of hydrogen-bond acceptors (Lipinski definition) is 5. The smallest absolute Gasteiger partial charge is 0.352 e. The number of rotatable bonds is 10. The second-order valence-corrected chi connectivity index (χ2v) is 10.7. The highest BCUT2D eigenvalue weighted by molar-refractivity contribution is 6.03. The first kappa shape index (κ1) is 26.8. The minimum atomic E-state index is -0.970. The molecule has 7 heteroatoms. The van der Waals surface area contributed by atoms with Crippen LogP contribution in [0.25, 0.3) is 32.8 Å². The molecule has 0 amide bonds. The van der Waals surface area contributed by atoms with Gasteiger partial charge in [-0.05, 0) is 60.7 Å². The van der Waals surface area contributed by atoms with Gasteiger partial charge >= 0.3 is 5.97 Å². The lowest BCUT2D eigenvalue weighted by Crippen LogP contribution is -2.23. The van der Waals surface area contributed by atoms with Crippen LogP contribution in [0.4, 0.5) is 0 Å². The Morgan fingerprint density at radius 2 is 1.88 bits per heavy atom. The Morgan fingerprint density at radius 3 is 2.73 bits per heavy atom. The van der Waals surface area contributed by atoms with Crippen LogP contribution in [0.2, 0.25) is 0 Å². The van der Waals surface area contributed by atoms with Gasteiger partial charge in [0.05, 0.1) is 25.3 Å². The molecule has 210 valence electrons. The lowest BCUT2D eigenvalue weighted by molar-refractivity contribution is 0.0344. The van der Waals surface area contributed by atoms with Gasteiger partial charge in [0.15, 0.2) is 0 Å². The zero-order chi connectivity index (χ0) is 28.2. The van der Waals surface area contributed by atoms with Gasteiger partial charge in [-0.25, -0.2) is 9.78 Å². The van der Waals surface area contributed by atoms with Crippen LogP contribution >= 0.6 is 0 Å². The molecule has 1 atom stereocenters. The Hall–Kier alpha value is -4.36. The topological polar surface area (TPSA) is 93.7 Å². The van der Waals surface area contributed by atoms with Gasteiger partial charge in [-0.2, -0.15) is 0 Å². The molecule has 1 saturated heterocycles. The van der Waals surface area contributed by atoms with Gasteiger partial charge in [-0.3, -0.25) is 0 Å². The Bertz CT molecular complexity index is 1680. The van der Waals surface area contributed by atoms with Crippen LogP contribution in [0.1, 0.15) is 40.9 Å². The largest absolute Gasteiger partial charge is 0.493 e. The predicted molar refractivity (Wildman–Crippen MR) is 160 cm³/mol. The quantitative estimate of drug-likeness (QED) is 0.179. The number of benzene rings is 3. The lowest BCUT2D eigenvalue weighted by Gasteiger charge is -2.22. The molecule has 5 aromatic rings. The van der Waals surface area contributed by atoms with E-state index in [4.69, 9.17) is 14.2 Å². The van der Waals surface area contributed by atoms with E-state index >= 15 is 0 Å². The van der Waals surface area contributed by atoms with Gasteiger partial charge in [0.25, 0.3) is 0 Å². The first-order chi connectivity index (χ1) is 20.1. The summed E-state index contributed by atoms with van der Waals surface area (Å²) in [6.45, 7) is 4.59. The molecule has 1 aliphatic rings. The summed E-state index contributed by atoms with van der Waals surface area (Å²) in [7, 11) is 0. The number of carboxylic acids is 1. The molecule has 2 aromatic heterocycles. The maximum atomic E-state index is 12.3. The summed E-state index contributed by atoms with van der Waals surface area (Å²) in [6, 6.07) is 22.1. The second-order valence-electron chi connectivity index (χ2n) is 10.7. The summed E-state index contributed by atoms with van der Waals surface area (Å²) in [4.78, 5) is 20.0. The van der Waals surface area contributed by atoms with Crippen LogP contribution in [0, 0.1) is 12.8 Å². The Labute approximate surface area is 239 Å². The minimum Gasteiger partial charge on any atom is -0.493 e. The fourth-order valence-corrected chi connectivity index (χ4v) is 5.71. The van der Waals surface area contributed by atoms with Crippen molar-refractivity contribution in [3.05, 3.63) is 89.7 Å². The first-order valence-electron chi connectivity index (χ1n) is 14.2. The van der Waals surface area contributed by atoms with Crippen molar-refractivity contribution in [1.29, 1.82) is 0 Å². The number of aromatic nitrogens is 2. The third kappa shape index (κ3) is 5.77. The number of aryl methyl sites for hydroxylation is 2. The molecular formula is C34H34N2O5. The molecule has 2 N–H and O–H groups in total. The van der Waals surface area contributed by atoms with E-state index in [1.165, 1.54) is 0 Å². The maximum absolute atomic E-state index is 12.3. The fourth-order valence-electron chi connectivity index (χ4n) is 5.71. The monoisotopic (exact) mass is 550 g/mol. The van der Waals surface area contributed by atoms with E-state index in [1.807, 2.05) is 61.7 Å². The highest BCUT2D eigenvalue weighted by Crippen LogP contribution is 2.35. The number of nitrogens with zero attached hydrogens (tertiary/aromatic N) is 1. The highest BCUT2D eigenvalue weighted by Gasteiger charge is 2.21. The zero-order valence-corrected chi connectivity index (χ0v) is 23.2. The number of aromatic amines is 1. The SMILES string of the molecule is Cc1cnc(OCC2CCCOC2)cc1-c1cccc2c(CCCOc3cccc4ccccc34)c(C(=O)O)[nH]c12. The van der Waals surface area contributed by atoms with Crippen LogP contribution in [0.3, 0.4) is 0 Å². The summed E-state index contributed by atoms with van der Waals surface area (Å²) in [5, 5.41) is 13.2. The molecular weight excluding hydrogens is 516 g/mol. The van der Waals surface area contributed by atoms with Crippen LogP contribution in [-0.2, 0) is 11.2 Å². The number of carboxylic acid groups (broad SMARTS) is 1. The predicted octanol–water partition coefficient (Wildman–Crippen LogP) is 7.21. The Balaban J connectivity index is 1.23. The number of nitrogens with one attached hydrogen (secondary N) is 1. The minimum absolute atomic E-state index is 0.220. The first-order valence-corrected chi connectivity index (χ1v) is 14.2. The number of ether oxygens (including phenoxy) is 3. The van der Waals surface area contributed by atoms with E-state index in [1.54, 1.807) is 0 Å². The molecule has 0 bridgehead atoms. The average molecular weight is 551 g/mol. The molecule has 0 saturated carbocycles. The van der Waals surface area contributed by atoms with Crippen molar-refractivity contribution in [2.75, 3.05) is 26.4 Å². The lowest BCUT2D eigenvalue weighted by atomic mass is 9.98. The van der Waals surface area contributed by atoms with Crippen molar-refractivity contribution in [3.63, 3.8) is 0 Å². The van der Waals surface area contributed by atoms with E-state index in [0.717, 1.165) is 69.1 Å². The molecule has 0 spiro atoms. The third-order valence-electron chi connectivity index (χ3n) is 7.82. The molecule has 7 nitrogen and oxygen atoms in total. The van der Waals surface area contributed by atoms with Gasteiger partial charge in [0.1, 0.15) is 11.4 Å². The number of H-pyrrole nitrogens is 1. The van der Waals surface area contributed by atoms with Crippen molar-refractivity contribution in [2.45, 2.75) is 32.6 Å². The Morgan fingerprint density at radius 1 is 1.05 bits per heavy atom. The van der Waals surface area contributed by atoms with Gasteiger partial charge < -0.3 is 24.3 Å².